The summed E-state index contributed by atoms with van der Waals surface area (Å²) in [5, 5.41) is 22.2. The summed E-state index contributed by atoms with van der Waals surface area (Å²) in [6.07, 6.45) is 9.14. The van der Waals surface area contributed by atoms with Crippen molar-refractivity contribution in [1.29, 1.82) is 0 Å². The zero-order chi connectivity index (χ0) is 23.7. The normalized spacial score (nSPS) is 52.8. The summed E-state index contributed by atoms with van der Waals surface area (Å²) >= 11 is 1.27. The first-order valence-corrected chi connectivity index (χ1v) is 14.6. The number of thioether (sulfide) groups is 1. The fourth-order valence-electron chi connectivity index (χ4n) is 10.1. The molecule has 0 radical (unpaired) electrons. The summed E-state index contributed by atoms with van der Waals surface area (Å²) in [6.45, 7) is 9.53. The molecular weight excluding hydrogens is 432 g/mol. The molecule has 186 valence electrons. The second-order valence-corrected chi connectivity index (χ2v) is 14.2. The molecule has 5 aliphatic rings. The van der Waals surface area contributed by atoms with E-state index in [4.69, 9.17) is 0 Å². The number of ketones is 1. The van der Waals surface area contributed by atoms with Gasteiger partial charge >= 0.3 is 0 Å². The van der Waals surface area contributed by atoms with Gasteiger partial charge in [0.05, 0.1) is 23.9 Å². The van der Waals surface area contributed by atoms with Gasteiger partial charge in [0.15, 0.2) is 10.9 Å². The molecule has 4 nitrogen and oxygen atoms in total. The van der Waals surface area contributed by atoms with Gasteiger partial charge in [-0.1, -0.05) is 45.9 Å². The van der Waals surface area contributed by atoms with Crippen molar-refractivity contribution < 1.29 is 19.8 Å². The van der Waals surface area contributed by atoms with Gasteiger partial charge < -0.3 is 10.2 Å². The molecule has 0 aromatic carbocycles. The van der Waals surface area contributed by atoms with Crippen molar-refractivity contribution in [2.75, 3.05) is 0 Å². The highest BCUT2D eigenvalue weighted by Gasteiger charge is 2.65. The highest BCUT2D eigenvalue weighted by atomic mass is 32.2. The molecule has 5 heteroatoms. The van der Waals surface area contributed by atoms with Gasteiger partial charge in [0.2, 0.25) is 0 Å². The van der Waals surface area contributed by atoms with Crippen molar-refractivity contribution in [3.63, 3.8) is 0 Å². The molecule has 1 saturated heterocycles. The number of aliphatic hydroxyl groups is 2. The van der Waals surface area contributed by atoms with E-state index in [2.05, 4.69) is 27.7 Å². The number of fused-ring (bicyclic) bond motifs is 5. The average Bonchev–Trinajstić information content (AvgIpc) is 3.27. The summed E-state index contributed by atoms with van der Waals surface area (Å²) in [5.41, 5.74) is 0.454. The van der Waals surface area contributed by atoms with Crippen molar-refractivity contribution in [3.8, 4) is 0 Å². The summed E-state index contributed by atoms with van der Waals surface area (Å²) in [6, 6.07) is 0. The van der Waals surface area contributed by atoms with E-state index in [-0.39, 0.29) is 45.6 Å². The van der Waals surface area contributed by atoms with E-state index in [0.717, 1.165) is 32.1 Å². The van der Waals surface area contributed by atoms with Gasteiger partial charge in [-0.15, -0.1) is 0 Å². The Morgan fingerprint density at radius 2 is 1.70 bits per heavy atom. The van der Waals surface area contributed by atoms with Crippen molar-refractivity contribution in [2.45, 2.75) is 109 Å². The Bertz CT molecular complexity index is 799. The van der Waals surface area contributed by atoms with Crippen LogP contribution in [-0.2, 0) is 9.59 Å². The Morgan fingerprint density at radius 3 is 2.36 bits per heavy atom. The summed E-state index contributed by atoms with van der Waals surface area (Å²) in [4.78, 5) is 24.1. The van der Waals surface area contributed by atoms with Crippen LogP contribution in [0.25, 0.3) is 0 Å². The van der Waals surface area contributed by atoms with Gasteiger partial charge in [-0.2, -0.15) is 0 Å². The Kier molecular flexibility index (Phi) is 6.35. The largest absolute Gasteiger partial charge is 0.393 e. The molecule has 0 bridgehead atoms. The summed E-state index contributed by atoms with van der Waals surface area (Å²) < 4.78 is 0. The van der Waals surface area contributed by atoms with E-state index < -0.39 is 0 Å². The van der Waals surface area contributed by atoms with Gasteiger partial charge in [-0.3, -0.25) is 9.59 Å². The van der Waals surface area contributed by atoms with E-state index >= 15 is 0 Å². The molecule has 1 heterocycles. The first-order valence-electron chi connectivity index (χ1n) is 13.7. The zero-order valence-corrected chi connectivity index (χ0v) is 21.8. The third kappa shape index (κ3) is 3.69. The van der Waals surface area contributed by atoms with E-state index in [1.165, 1.54) is 37.4 Å². The molecule has 0 spiro atoms. The zero-order valence-electron chi connectivity index (χ0n) is 21.0. The van der Waals surface area contributed by atoms with Crippen LogP contribution >= 0.6 is 11.8 Å². The number of carbonyl (C=O) groups is 2. The van der Waals surface area contributed by atoms with Crippen molar-refractivity contribution in [1.82, 2.24) is 0 Å². The molecule has 5 rings (SSSR count). The minimum Gasteiger partial charge on any atom is -0.393 e. The van der Waals surface area contributed by atoms with E-state index in [0.29, 0.717) is 41.4 Å². The van der Waals surface area contributed by atoms with Crippen LogP contribution in [0.1, 0.15) is 91.9 Å². The van der Waals surface area contributed by atoms with Crippen molar-refractivity contribution in [3.05, 3.63) is 0 Å². The number of rotatable bonds is 4. The van der Waals surface area contributed by atoms with Gasteiger partial charge in [0.1, 0.15) is 0 Å². The number of Topliss-reactive ketones (excluding diaryl/α,β-unsaturated/α-hetero) is 1. The van der Waals surface area contributed by atoms with Crippen molar-refractivity contribution >= 4 is 22.7 Å². The number of aliphatic hydroxyl groups excluding tert-OH is 2. The standard InChI is InChI=1S/C28H44O4S/c1-5-17-21-13-16(29)8-10-28(21,4)20-9-11-27(3)18(6-7-19(27)25(20)26(17)32)15(2)12-23-22(30)14-24(31)33-23/h15-21,23,25-26,29,32H,5-14H2,1-4H3/t15-,16-,17-,18?,19?,20?,21+,23-,25?,26?,27-,28-/m1/s1. The predicted molar refractivity (Wildman–Crippen MR) is 132 cm³/mol. The molecule has 5 unspecified atom stereocenters. The van der Waals surface area contributed by atoms with Crippen molar-refractivity contribution in [2.24, 2.45) is 52.3 Å². The second kappa shape index (κ2) is 8.62. The van der Waals surface area contributed by atoms with Gasteiger partial charge in [0.25, 0.3) is 0 Å². The van der Waals surface area contributed by atoms with E-state index in [1.807, 2.05) is 0 Å². The minimum atomic E-state index is -0.258. The molecule has 0 amide bonds. The highest BCUT2D eigenvalue weighted by molar-refractivity contribution is 8.15. The highest BCUT2D eigenvalue weighted by Crippen LogP contribution is 2.69. The first kappa shape index (κ1) is 24.3. The third-order valence-electron chi connectivity index (χ3n) is 11.7. The van der Waals surface area contributed by atoms with Crippen LogP contribution < -0.4 is 0 Å². The van der Waals surface area contributed by atoms with E-state index in [9.17, 15) is 19.8 Å². The minimum absolute atomic E-state index is 0.0459. The lowest BCUT2D eigenvalue weighted by molar-refractivity contribution is -0.203. The molecule has 1 aliphatic heterocycles. The Balaban J connectivity index is 1.39. The van der Waals surface area contributed by atoms with Crippen LogP contribution in [0.3, 0.4) is 0 Å². The van der Waals surface area contributed by atoms with E-state index in [1.54, 1.807) is 0 Å². The number of hydrogen-bond acceptors (Lipinski definition) is 5. The smallest absolute Gasteiger partial charge is 0.197 e. The molecular formula is C28H44O4S. The Morgan fingerprint density at radius 1 is 1.00 bits per heavy atom. The van der Waals surface area contributed by atoms with Crippen LogP contribution in [0.4, 0.5) is 0 Å². The quantitative estimate of drug-likeness (QED) is 0.543. The third-order valence-corrected chi connectivity index (χ3v) is 12.8. The molecule has 5 fully saturated rings. The van der Waals surface area contributed by atoms with Crippen LogP contribution in [0.2, 0.25) is 0 Å². The van der Waals surface area contributed by atoms with Gasteiger partial charge in [0, 0.05) is 0 Å². The molecule has 4 saturated carbocycles. The molecule has 12 atom stereocenters. The van der Waals surface area contributed by atoms with Gasteiger partial charge in [-0.25, -0.2) is 0 Å². The maximum absolute atomic E-state index is 12.3. The Hall–Kier alpha value is -0.390. The van der Waals surface area contributed by atoms with Crippen LogP contribution in [-0.4, -0.2) is 38.6 Å². The molecule has 33 heavy (non-hydrogen) atoms. The molecule has 0 aromatic rings. The fourth-order valence-corrected chi connectivity index (χ4v) is 11.3. The number of carbonyl (C=O) groups excluding carboxylic acids is 2. The summed E-state index contributed by atoms with van der Waals surface area (Å²) in [7, 11) is 0. The lowest BCUT2D eigenvalue weighted by atomic mass is 9.41. The monoisotopic (exact) mass is 476 g/mol. The molecule has 4 aliphatic carbocycles. The van der Waals surface area contributed by atoms with Crippen LogP contribution in [0.15, 0.2) is 0 Å². The molecule has 2 N–H and O–H groups in total. The fraction of sp³-hybridized carbons (Fsp3) is 0.929. The lowest BCUT2D eigenvalue weighted by Crippen LogP contribution is -2.62. The van der Waals surface area contributed by atoms with Crippen LogP contribution in [0, 0.1) is 52.3 Å². The van der Waals surface area contributed by atoms with Gasteiger partial charge in [-0.05, 0) is 104 Å². The first-order chi connectivity index (χ1) is 15.6. The predicted octanol–water partition coefficient (Wildman–Crippen LogP) is 5.24. The molecule has 0 aromatic heterocycles. The topological polar surface area (TPSA) is 74.6 Å². The van der Waals surface area contributed by atoms with Crippen LogP contribution in [0.5, 0.6) is 0 Å². The second-order valence-electron chi connectivity index (χ2n) is 13.0. The maximum atomic E-state index is 12.3. The summed E-state index contributed by atoms with van der Waals surface area (Å²) in [5.74, 6) is 3.34. The lowest BCUT2D eigenvalue weighted by Gasteiger charge is -2.64. The average molecular weight is 477 g/mol. The maximum Gasteiger partial charge on any atom is 0.197 e. The number of hydrogen-bond donors (Lipinski definition) is 2. The Labute approximate surface area is 204 Å². The SMILES string of the molecule is CC[C@H]1C(O)C2C3CCC([C@H](C)C[C@H]4SC(=O)CC4=O)[C@@]3(C)CCC2[C@@]2(C)CC[C@@H](O)C[C@@H]12.